The zero-order valence-corrected chi connectivity index (χ0v) is 13.2. The van der Waals surface area contributed by atoms with E-state index in [0.717, 1.165) is 17.7 Å². The molecule has 3 rings (SSSR count). The summed E-state index contributed by atoms with van der Waals surface area (Å²) in [5, 5.41) is 2.80. The van der Waals surface area contributed by atoms with Crippen molar-refractivity contribution in [3.63, 3.8) is 0 Å². The van der Waals surface area contributed by atoms with Crippen LogP contribution in [0, 0.1) is 11.8 Å². The largest absolute Gasteiger partial charge is 0.352 e. The van der Waals surface area contributed by atoms with E-state index in [0.29, 0.717) is 12.8 Å². The van der Waals surface area contributed by atoms with Crippen molar-refractivity contribution in [3.05, 3.63) is 12.2 Å². The van der Waals surface area contributed by atoms with Gasteiger partial charge >= 0.3 is 0 Å². The van der Waals surface area contributed by atoms with Gasteiger partial charge in [-0.15, -0.1) is 0 Å². The number of allylic oxidation sites excluding steroid dienone is 2. The molecule has 0 unspecified atom stereocenters. The first-order valence-corrected chi connectivity index (χ1v) is 8.01. The lowest BCUT2D eigenvalue weighted by Gasteiger charge is -2.20. The van der Waals surface area contributed by atoms with E-state index in [1.165, 1.54) is 11.9 Å². The van der Waals surface area contributed by atoms with Crippen molar-refractivity contribution in [3.8, 4) is 0 Å². The van der Waals surface area contributed by atoms with E-state index in [1.807, 2.05) is 12.2 Å². The second-order valence-corrected chi connectivity index (χ2v) is 6.51. The number of carbonyl (C=O) groups is 4. The van der Waals surface area contributed by atoms with Gasteiger partial charge in [0, 0.05) is 13.1 Å². The predicted octanol–water partition coefficient (Wildman–Crippen LogP) is -0.325. The van der Waals surface area contributed by atoms with Gasteiger partial charge in [-0.2, -0.15) is 0 Å². The molecule has 1 saturated carbocycles. The number of rotatable bonds is 5. The van der Waals surface area contributed by atoms with Crippen molar-refractivity contribution in [1.29, 1.82) is 0 Å². The quantitative estimate of drug-likeness (QED) is 0.555. The third-order valence-corrected chi connectivity index (χ3v) is 4.64. The number of nitrogens with zero attached hydrogens (tertiary/aromatic N) is 2. The summed E-state index contributed by atoms with van der Waals surface area (Å²) in [6.07, 6.45) is 6.89. The highest BCUT2D eigenvalue weighted by molar-refractivity contribution is 6.07. The highest BCUT2D eigenvalue weighted by Gasteiger charge is 2.47. The maximum absolute atomic E-state index is 12.3. The third-order valence-electron chi connectivity index (χ3n) is 4.64. The summed E-state index contributed by atoms with van der Waals surface area (Å²) < 4.78 is 0. The van der Waals surface area contributed by atoms with E-state index in [9.17, 15) is 19.2 Å². The van der Waals surface area contributed by atoms with Crippen molar-refractivity contribution >= 4 is 23.6 Å². The van der Waals surface area contributed by atoms with Crippen LogP contribution in [0.5, 0.6) is 0 Å². The van der Waals surface area contributed by atoms with Crippen LogP contribution in [0.3, 0.4) is 0 Å². The summed E-state index contributed by atoms with van der Waals surface area (Å²) in [5.74, 6) is -1.81. The zero-order chi connectivity index (χ0) is 16.6. The fourth-order valence-electron chi connectivity index (χ4n) is 3.09. The Labute approximate surface area is 134 Å². The first-order valence-electron chi connectivity index (χ1n) is 8.01. The molecular weight excluding hydrogens is 298 g/mol. The van der Waals surface area contributed by atoms with Gasteiger partial charge in [0.05, 0.1) is 18.4 Å². The molecule has 3 aliphatic rings. The van der Waals surface area contributed by atoms with E-state index in [2.05, 4.69) is 5.32 Å². The molecule has 0 aromatic rings. The molecule has 2 aliphatic carbocycles. The molecule has 4 amide bonds. The standard InChI is InChI=1S/C16H21N3O4/c1-18(8-13(20)17-10-6-7-10)14(21)9-19-15(22)11-4-2-3-5-12(11)16(19)23/h2-3,10-12H,4-9H2,1H3,(H,17,20)/t11-,12-/m1/s1. The van der Waals surface area contributed by atoms with Crippen LogP contribution < -0.4 is 5.32 Å². The molecule has 1 heterocycles. The third kappa shape index (κ3) is 3.28. The first-order chi connectivity index (χ1) is 11.0. The van der Waals surface area contributed by atoms with Crippen LogP contribution in [0.2, 0.25) is 0 Å². The second kappa shape index (κ2) is 6.14. The number of carbonyl (C=O) groups excluding carboxylic acids is 4. The maximum atomic E-state index is 12.3. The number of likely N-dealkylation sites (N-methyl/N-ethyl adjacent to an activating group) is 1. The van der Waals surface area contributed by atoms with Crippen LogP contribution in [-0.4, -0.2) is 59.6 Å². The topological polar surface area (TPSA) is 86.8 Å². The molecule has 2 fully saturated rings. The Hall–Kier alpha value is -2.18. The number of likely N-dealkylation sites (tertiary alicyclic amines) is 1. The van der Waals surface area contributed by atoms with E-state index < -0.39 is 5.91 Å². The lowest BCUT2D eigenvalue weighted by Crippen LogP contribution is -2.45. The Morgan fingerprint density at radius 3 is 2.26 bits per heavy atom. The number of hydrogen-bond acceptors (Lipinski definition) is 4. The van der Waals surface area contributed by atoms with E-state index in [4.69, 9.17) is 0 Å². The lowest BCUT2D eigenvalue weighted by atomic mass is 9.85. The molecule has 0 aromatic carbocycles. The van der Waals surface area contributed by atoms with Gasteiger partial charge in [-0.3, -0.25) is 24.1 Å². The van der Waals surface area contributed by atoms with E-state index in [-0.39, 0.29) is 48.7 Å². The summed E-state index contributed by atoms with van der Waals surface area (Å²) in [4.78, 5) is 50.9. The van der Waals surface area contributed by atoms with Gasteiger partial charge in [0.25, 0.3) is 0 Å². The lowest BCUT2D eigenvalue weighted by molar-refractivity contribution is -0.146. The van der Waals surface area contributed by atoms with Gasteiger partial charge in [-0.05, 0) is 25.7 Å². The number of nitrogens with one attached hydrogen (secondary N) is 1. The Balaban J connectivity index is 1.55. The fraction of sp³-hybridized carbons (Fsp3) is 0.625. The highest BCUT2D eigenvalue weighted by Crippen LogP contribution is 2.34. The number of fused-ring (bicyclic) bond motifs is 1. The molecule has 0 bridgehead atoms. The number of hydrogen-bond donors (Lipinski definition) is 1. The molecular formula is C16H21N3O4. The number of imide groups is 1. The molecule has 0 spiro atoms. The molecule has 1 aliphatic heterocycles. The molecule has 7 heteroatoms. The summed E-state index contributed by atoms with van der Waals surface area (Å²) in [7, 11) is 1.51. The van der Waals surface area contributed by atoms with Crippen molar-refractivity contribution in [2.45, 2.75) is 31.7 Å². The van der Waals surface area contributed by atoms with Crippen LogP contribution in [-0.2, 0) is 19.2 Å². The van der Waals surface area contributed by atoms with Gasteiger partial charge in [0.2, 0.25) is 23.6 Å². The minimum Gasteiger partial charge on any atom is -0.352 e. The van der Waals surface area contributed by atoms with Crippen LogP contribution in [0.25, 0.3) is 0 Å². The molecule has 1 N–H and O–H groups in total. The Morgan fingerprint density at radius 1 is 1.17 bits per heavy atom. The predicted molar refractivity (Wildman–Crippen MR) is 80.9 cm³/mol. The molecule has 2 atom stereocenters. The summed E-state index contributed by atoms with van der Waals surface area (Å²) >= 11 is 0. The molecule has 0 aromatic heterocycles. The van der Waals surface area contributed by atoms with Crippen LogP contribution in [0.1, 0.15) is 25.7 Å². The van der Waals surface area contributed by atoms with Crippen molar-refractivity contribution < 1.29 is 19.2 Å². The smallest absolute Gasteiger partial charge is 0.242 e. The molecule has 0 radical (unpaired) electrons. The van der Waals surface area contributed by atoms with E-state index >= 15 is 0 Å². The molecule has 7 nitrogen and oxygen atoms in total. The average Bonchev–Trinajstić information content (AvgIpc) is 3.30. The molecule has 1 saturated heterocycles. The SMILES string of the molecule is CN(CC(=O)NC1CC1)C(=O)CN1C(=O)[C@@H]2CC=CC[C@H]2C1=O. The second-order valence-electron chi connectivity index (χ2n) is 6.51. The van der Waals surface area contributed by atoms with Crippen LogP contribution in [0.4, 0.5) is 0 Å². The molecule has 23 heavy (non-hydrogen) atoms. The van der Waals surface area contributed by atoms with Crippen molar-refractivity contribution in [2.75, 3.05) is 20.1 Å². The monoisotopic (exact) mass is 319 g/mol. The van der Waals surface area contributed by atoms with Crippen LogP contribution >= 0.6 is 0 Å². The Kier molecular flexibility index (Phi) is 4.19. The first kappa shape index (κ1) is 15.7. The average molecular weight is 319 g/mol. The highest BCUT2D eigenvalue weighted by atomic mass is 16.2. The normalized spacial score (nSPS) is 26.2. The zero-order valence-electron chi connectivity index (χ0n) is 13.2. The summed E-state index contributed by atoms with van der Waals surface area (Å²) in [6, 6.07) is 0.239. The van der Waals surface area contributed by atoms with Crippen molar-refractivity contribution in [2.24, 2.45) is 11.8 Å². The molecule has 124 valence electrons. The van der Waals surface area contributed by atoms with Gasteiger partial charge in [-0.1, -0.05) is 12.2 Å². The van der Waals surface area contributed by atoms with Crippen LogP contribution in [0.15, 0.2) is 12.2 Å². The minimum atomic E-state index is -0.399. The fourth-order valence-corrected chi connectivity index (χ4v) is 3.09. The Morgan fingerprint density at radius 2 is 1.74 bits per heavy atom. The van der Waals surface area contributed by atoms with Gasteiger partial charge < -0.3 is 10.2 Å². The maximum Gasteiger partial charge on any atom is 0.242 e. The van der Waals surface area contributed by atoms with Gasteiger partial charge in [-0.25, -0.2) is 0 Å². The van der Waals surface area contributed by atoms with E-state index in [1.54, 1.807) is 0 Å². The van der Waals surface area contributed by atoms with Gasteiger partial charge in [0.1, 0.15) is 6.54 Å². The minimum absolute atomic E-state index is 0.0556. The number of amides is 4. The van der Waals surface area contributed by atoms with Crippen molar-refractivity contribution in [1.82, 2.24) is 15.1 Å². The Bertz CT molecular complexity index is 556. The summed E-state index contributed by atoms with van der Waals surface area (Å²) in [5.41, 5.74) is 0. The van der Waals surface area contributed by atoms with Gasteiger partial charge in [0.15, 0.2) is 0 Å². The summed E-state index contributed by atoms with van der Waals surface area (Å²) in [6.45, 7) is -0.335.